The minimum absolute atomic E-state index is 0. The van der Waals surface area contributed by atoms with Crippen LogP contribution in [0.2, 0.25) is 0 Å². The number of pyridine rings is 1. The molecule has 3 aliphatic carbocycles. The number of carbonyl (C=O) groups is 4. The molecule has 602 valence electrons. The van der Waals surface area contributed by atoms with Crippen LogP contribution in [-0.4, -0.2) is 140 Å². The van der Waals surface area contributed by atoms with Crippen molar-refractivity contribution in [3.8, 4) is 23.8 Å². The van der Waals surface area contributed by atoms with Crippen LogP contribution in [-0.2, 0) is 45.7 Å². The van der Waals surface area contributed by atoms with Gasteiger partial charge in [-0.25, -0.2) is 18.0 Å². The fourth-order valence-electron chi connectivity index (χ4n) is 9.96. The molecule has 0 radical (unpaired) electrons. The second-order valence-electron chi connectivity index (χ2n) is 27.7. The zero-order valence-corrected chi connectivity index (χ0v) is 69.9. The summed E-state index contributed by atoms with van der Waals surface area (Å²) >= 11 is 10.3. The second kappa shape index (κ2) is 44.8. The third-order valence-electron chi connectivity index (χ3n) is 16.7. The number of hydrogen-bond acceptors (Lipinski definition) is 13. The van der Waals surface area contributed by atoms with Gasteiger partial charge in [-0.15, -0.1) is 6.42 Å². The number of carbonyl (C=O) groups excluding carboxylic acids is 4. The number of nitrogens with zero attached hydrogens (tertiary/aromatic N) is 6. The Morgan fingerprint density at radius 2 is 1.06 bits per heavy atom. The molecule has 2 amide bonds. The topological polar surface area (TPSA) is 301 Å². The number of amides is 2. The Bertz CT molecular complexity index is 4450. The number of ether oxygens (including phenoxy) is 2. The van der Waals surface area contributed by atoms with Crippen LogP contribution in [0.15, 0.2) is 188 Å². The van der Waals surface area contributed by atoms with Crippen molar-refractivity contribution in [1.29, 1.82) is 0 Å². The molecule has 3 fully saturated rings. The summed E-state index contributed by atoms with van der Waals surface area (Å²) in [5, 5.41) is 0. The van der Waals surface area contributed by atoms with Gasteiger partial charge in [-0.2, -0.15) is 30.7 Å². The fraction of sp³-hybridized carbons (Fsp3) is 0.358. The van der Waals surface area contributed by atoms with E-state index in [2.05, 4.69) is 195 Å². The van der Waals surface area contributed by atoms with E-state index in [9.17, 15) is 49.9 Å². The first-order chi connectivity index (χ1) is 51.0. The van der Waals surface area contributed by atoms with E-state index in [-0.39, 0.29) is 63.2 Å². The normalized spacial score (nSPS) is 15.5. The largest absolute Gasteiger partial charge is 0.741 e. The highest BCUT2D eigenvalue weighted by Crippen LogP contribution is 2.43. The summed E-state index contributed by atoms with van der Waals surface area (Å²) in [6.07, 6.45) is 11.8. The lowest BCUT2D eigenvalue weighted by molar-refractivity contribution is -0.469. The smallest absolute Gasteiger partial charge is 0.485 e. The van der Waals surface area contributed by atoms with Crippen LogP contribution in [0.1, 0.15) is 161 Å². The Balaban J connectivity index is 0.000000446. The van der Waals surface area contributed by atoms with E-state index < -0.39 is 34.4 Å². The maximum atomic E-state index is 13.2. The van der Waals surface area contributed by atoms with Gasteiger partial charge >= 0.3 is 18.7 Å². The summed E-state index contributed by atoms with van der Waals surface area (Å²) in [5.74, 6) is 4.34. The van der Waals surface area contributed by atoms with Gasteiger partial charge in [-0.1, -0.05) is 181 Å². The van der Waals surface area contributed by atoms with E-state index >= 15 is 0 Å². The average Bonchev–Trinajstić information content (AvgIpc) is 1.60. The van der Waals surface area contributed by atoms with Gasteiger partial charge in [0.15, 0.2) is 33.3 Å². The standard InChI is InChI=1S/C21H19F2N3O3.C14H23N.C12H15BrN.C10H9BrO.C9H6F2O.C8H7Br.C4H9NO.C2H7N3.CHF3O3S.H2O/c1-26-18(28)21(25-20(26)24,14-5-7-17(8-6-14)29-19(22)23)15-4-2-3-12(9-15)13-10-16(27)11-13;1-10-8-11(13(2,3)4)15-12(9-10)14(5,6)7;1-14(2)12-7-10(8-12)9-4-3-5-11(13)6-9;11-9-3-1-2-7(4-9)8-5-10(12)6-8;1-2-7-3-5-8(6-4-7)12-9(10)11;1-2-7-4-3-5-8(9)6-7;1-4(6)5(2)3;1-5-2(3)4;2-1(3,4)8(5,6)7;/h2-9,13,19H,10-11H2,1H3,(H2,24,25);8-9H,1-7H3;3-6,10H,7-8H2,1-2H3;1-4,8H,5-6H2;1,3-6,9H;2-6H,1H2;1-3H3;1H3,(H4,3,4,5);(H,5,6,7);1H2/q;;+1;;;;;;;/p-1. The number of terminal acetylenes is 1. The molecule has 1 aromatic heterocycles. The molecule has 7 aromatic rings. The highest BCUT2D eigenvalue weighted by molar-refractivity contribution is 9.11. The van der Waals surface area contributed by atoms with Crippen LogP contribution in [0.25, 0.3) is 6.08 Å². The van der Waals surface area contributed by atoms with Crippen molar-refractivity contribution in [3.63, 3.8) is 0 Å². The van der Waals surface area contributed by atoms with E-state index in [1.54, 1.807) is 25.9 Å². The quantitative estimate of drug-likeness (QED) is 0.0218. The molecule has 1 unspecified atom stereocenters. The molecule has 19 nitrogen and oxygen atoms in total. The molecule has 2 heterocycles. The van der Waals surface area contributed by atoms with Gasteiger partial charge in [0.25, 0.3) is 5.91 Å². The van der Waals surface area contributed by atoms with Crippen molar-refractivity contribution in [1.82, 2.24) is 14.8 Å². The lowest BCUT2D eigenvalue weighted by Gasteiger charge is -2.29. The van der Waals surface area contributed by atoms with Crippen LogP contribution in [0, 0.1) is 19.3 Å². The first kappa shape index (κ1) is 98.0. The number of benzene rings is 6. The van der Waals surface area contributed by atoms with Crippen LogP contribution >= 0.6 is 47.8 Å². The lowest BCUT2D eigenvalue weighted by Crippen LogP contribution is -2.41. The molecule has 8 N–H and O–H groups in total. The van der Waals surface area contributed by atoms with E-state index in [0.717, 1.165) is 38.8 Å². The molecule has 30 heteroatoms. The Labute approximate surface area is 671 Å². The number of alkyl halides is 7. The monoisotopic (exact) mass is 1760 g/mol. The molecule has 6 aromatic carbocycles. The van der Waals surface area contributed by atoms with Crippen molar-refractivity contribution in [2.24, 2.45) is 27.2 Å². The van der Waals surface area contributed by atoms with E-state index in [1.807, 2.05) is 60.7 Å². The second-order valence-corrected chi connectivity index (χ2v) is 31.8. The highest BCUT2D eigenvalue weighted by atomic mass is 79.9. The van der Waals surface area contributed by atoms with Crippen LogP contribution in [0.5, 0.6) is 11.5 Å². The predicted octanol–water partition coefficient (Wildman–Crippen LogP) is 16.3. The summed E-state index contributed by atoms with van der Waals surface area (Å²) in [7, 11) is 4.69. The lowest BCUT2D eigenvalue weighted by atomic mass is 9.76. The molecule has 111 heavy (non-hydrogen) atoms. The number of aryl methyl sites for hydroxylation is 1. The molecule has 1 aliphatic heterocycles. The first-order valence-corrected chi connectivity index (χ1v) is 37.8. The number of ketones is 2. The third kappa shape index (κ3) is 33.0. The number of nitrogens with two attached hydrogens (primary N) is 3. The third-order valence-corrected chi connectivity index (χ3v) is 18.7. The Hall–Kier alpha value is -9.12. The minimum Gasteiger partial charge on any atom is -0.741 e. The molecule has 0 bridgehead atoms. The summed E-state index contributed by atoms with van der Waals surface area (Å²) in [6, 6.07) is 48.3. The highest BCUT2D eigenvalue weighted by Gasteiger charge is 2.50. The van der Waals surface area contributed by atoms with Gasteiger partial charge in [-0.05, 0) is 143 Å². The average molecular weight is 1760 g/mol. The van der Waals surface area contributed by atoms with E-state index in [1.165, 1.54) is 125 Å². The van der Waals surface area contributed by atoms with Crippen LogP contribution in [0.4, 0.5) is 30.7 Å². The van der Waals surface area contributed by atoms with Crippen molar-refractivity contribution in [2.75, 3.05) is 42.3 Å². The maximum absolute atomic E-state index is 13.2. The van der Waals surface area contributed by atoms with Crippen molar-refractivity contribution < 1.29 is 82.4 Å². The van der Waals surface area contributed by atoms with Gasteiger partial charge in [0.2, 0.25) is 5.91 Å². The molecule has 0 spiro atoms. The Kier molecular flexibility index (Phi) is 39.5. The summed E-state index contributed by atoms with van der Waals surface area (Å²) < 4.78 is 121. The number of hydrogen-bond donors (Lipinski definition) is 3. The molecular formula is C81H97Br3F7N9O10S. The Morgan fingerprint density at radius 3 is 1.36 bits per heavy atom. The zero-order valence-electron chi connectivity index (χ0n) is 64.3. The van der Waals surface area contributed by atoms with Crippen molar-refractivity contribution in [3.05, 3.63) is 234 Å². The van der Waals surface area contributed by atoms with Crippen molar-refractivity contribution >= 4 is 105 Å². The van der Waals surface area contributed by atoms with Gasteiger partial charge in [0.05, 0.1) is 0 Å². The predicted molar refractivity (Wildman–Crippen MR) is 433 cm³/mol. The van der Waals surface area contributed by atoms with Crippen LogP contribution in [0.3, 0.4) is 0 Å². The molecule has 1 atom stereocenters. The fourth-order valence-corrected chi connectivity index (χ4v) is 11.2. The summed E-state index contributed by atoms with van der Waals surface area (Å²) in [6.45, 7) is 14.9. The van der Waals surface area contributed by atoms with Gasteiger partial charge < -0.3 is 41.6 Å². The van der Waals surface area contributed by atoms with Gasteiger partial charge in [0, 0.05) is 121 Å². The molecule has 3 saturated carbocycles. The molecular weight excluding hydrogens is 1660 g/mol. The van der Waals surface area contributed by atoms with E-state index in [0.29, 0.717) is 41.2 Å². The van der Waals surface area contributed by atoms with E-state index in [4.69, 9.17) is 41.6 Å². The number of aromatic nitrogens is 1. The number of rotatable bonds is 10. The maximum Gasteiger partial charge on any atom is 0.485 e. The number of guanidine groups is 2. The number of aliphatic imine (C=N–C) groups is 2. The van der Waals surface area contributed by atoms with Gasteiger partial charge in [0.1, 0.15) is 37.2 Å². The Morgan fingerprint density at radius 1 is 0.694 bits per heavy atom. The van der Waals surface area contributed by atoms with Crippen molar-refractivity contribution in [2.45, 2.75) is 147 Å². The first-order valence-electron chi connectivity index (χ1n) is 34.0. The number of likely N-dealkylation sites (N-methyl/N-ethyl adjacent to an activating group) is 1. The molecule has 0 saturated heterocycles. The number of halogens is 10. The minimum atomic E-state index is -6.09. The zero-order chi connectivity index (χ0) is 83.4. The summed E-state index contributed by atoms with van der Waals surface area (Å²) in [5.41, 5.74) is 20.6. The summed E-state index contributed by atoms with van der Waals surface area (Å²) in [4.78, 5) is 60.9. The number of Topliss-reactive ketones (excluding diaryl/α,β-unsaturated/α-hetero) is 2. The van der Waals surface area contributed by atoms with Crippen LogP contribution < -0.4 is 26.7 Å². The molecule has 11 rings (SSSR count). The van der Waals surface area contributed by atoms with Gasteiger partial charge in [-0.3, -0.25) is 34.1 Å². The SMILES string of the molecule is C#Cc1ccc(OC(F)F)cc1.C=Cc1cccc(Br)c1.CC(=O)N(C)C.CN1C(=O)C(c2ccc(OC(F)F)cc2)(c2cccc(C3CC(=O)C3)c2)N=C1N.CN=C(N)N.C[N+](C)=C1CC(c2cccc(Br)c2)C1.Cc1cc(C(C)(C)C)nc(C(C)(C)C)c1.O.O=C1CC(c2cccc(Br)c2)C1.O=S(=O)([O-])C(F)(F)F. The molecule has 4 aliphatic rings.